The molecule has 1 amide bonds. The van der Waals surface area contributed by atoms with Crippen LogP contribution in [0.2, 0.25) is 0 Å². The van der Waals surface area contributed by atoms with Gasteiger partial charge in [-0.1, -0.05) is 12.1 Å². The fraction of sp³-hybridized carbons (Fsp3) is 0.318. The van der Waals surface area contributed by atoms with Gasteiger partial charge in [-0.05, 0) is 38.0 Å². The van der Waals surface area contributed by atoms with Crippen molar-refractivity contribution in [3.8, 4) is 5.75 Å². The average Bonchev–Trinajstić information content (AvgIpc) is 3.33. The third kappa shape index (κ3) is 3.94. The van der Waals surface area contributed by atoms with Crippen LogP contribution in [0.25, 0.3) is 16.6 Å². The van der Waals surface area contributed by atoms with E-state index in [0.717, 1.165) is 16.8 Å². The first-order chi connectivity index (χ1) is 14.6. The molecular formula is C22H24N4O4. The lowest BCUT2D eigenvalue weighted by Crippen LogP contribution is -2.27. The number of benzene rings is 1. The van der Waals surface area contributed by atoms with E-state index in [4.69, 9.17) is 9.15 Å². The van der Waals surface area contributed by atoms with Crippen molar-refractivity contribution in [1.29, 1.82) is 0 Å². The van der Waals surface area contributed by atoms with Crippen molar-refractivity contribution in [2.75, 3.05) is 6.61 Å². The lowest BCUT2D eigenvalue weighted by Gasteiger charge is -2.09. The molecule has 0 saturated heterocycles. The van der Waals surface area contributed by atoms with Crippen LogP contribution in [0.1, 0.15) is 31.2 Å². The largest absolute Gasteiger partial charge is 0.494 e. The summed E-state index contributed by atoms with van der Waals surface area (Å²) in [6.07, 6.45) is 2.43. The molecule has 4 rings (SSSR count). The number of ether oxygens (including phenoxy) is 1. The number of carbonyl (C=O) groups is 1. The summed E-state index contributed by atoms with van der Waals surface area (Å²) in [6.45, 7) is 5.24. The monoisotopic (exact) mass is 408 g/mol. The van der Waals surface area contributed by atoms with E-state index in [1.807, 2.05) is 44.2 Å². The normalized spacial score (nSPS) is 11.3. The van der Waals surface area contributed by atoms with E-state index in [2.05, 4.69) is 10.4 Å². The van der Waals surface area contributed by atoms with Crippen molar-refractivity contribution in [2.24, 2.45) is 0 Å². The summed E-state index contributed by atoms with van der Waals surface area (Å²) in [5, 5.41) is 7.30. The number of furan rings is 1. The van der Waals surface area contributed by atoms with Gasteiger partial charge in [-0.2, -0.15) is 5.10 Å². The van der Waals surface area contributed by atoms with Gasteiger partial charge in [0, 0.05) is 31.6 Å². The van der Waals surface area contributed by atoms with Gasteiger partial charge >= 0.3 is 0 Å². The molecule has 1 aromatic carbocycles. The number of hydrogen-bond donors (Lipinski definition) is 1. The third-order valence-corrected chi connectivity index (χ3v) is 4.96. The number of rotatable bonds is 8. The highest BCUT2D eigenvalue weighted by atomic mass is 16.5. The molecule has 1 N–H and O–H groups in total. The molecule has 0 aliphatic heterocycles. The molecule has 30 heavy (non-hydrogen) atoms. The SMILES string of the molecule is CCOc1ccc(CNC(=O)CCCn2nc(C)n3c(cc4occc43)c2=O)cc1. The summed E-state index contributed by atoms with van der Waals surface area (Å²) in [5.74, 6) is 1.45. The van der Waals surface area contributed by atoms with Gasteiger partial charge in [0.2, 0.25) is 5.91 Å². The zero-order chi connectivity index (χ0) is 21.1. The van der Waals surface area contributed by atoms with E-state index in [1.165, 1.54) is 4.68 Å². The Morgan fingerprint density at radius 3 is 2.77 bits per heavy atom. The van der Waals surface area contributed by atoms with Gasteiger partial charge in [-0.15, -0.1) is 0 Å². The minimum absolute atomic E-state index is 0.0602. The fourth-order valence-corrected chi connectivity index (χ4v) is 3.53. The molecule has 0 saturated carbocycles. The Bertz CT molecular complexity index is 1230. The fourth-order valence-electron chi connectivity index (χ4n) is 3.53. The quantitative estimate of drug-likeness (QED) is 0.484. The number of amides is 1. The number of aromatic nitrogens is 3. The van der Waals surface area contributed by atoms with Crippen molar-refractivity contribution >= 4 is 22.5 Å². The number of nitrogens with one attached hydrogen (secondary N) is 1. The number of fused-ring (bicyclic) bond motifs is 3. The highest BCUT2D eigenvalue weighted by molar-refractivity contribution is 5.82. The molecule has 8 nitrogen and oxygen atoms in total. The van der Waals surface area contributed by atoms with E-state index in [9.17, 15) is 9.59 Å². The van der Waals surface area contributed by atoms with Gasteiger partial charge in [0.1, 0.15) is 17.1 Å². The highest BCUT2D eigenvalue weighted by Gasteiger charge is 2.14. The van der Waals surface area contributed by atoms with E-state index in [-0.39, 0.29) is 11.5 Å². The lowest BCUT2D eigenvalue weighted by atomic mass is 10.2. The molecule has 8 heteroatoms. The van der Waals surface area contributed by atoms with Crippen molar-refractivity contribution in [1.82, 2.24) is 19.5 Å². The Balaban J connectivity index is 1.33. The van der Waals surface area contributed by atoms with Crippen molar-refractivity contribution < 1.29 is 13.9 Å². The topological polar surface area (TPSA) is 90.8 Å². The van der Waals surface area contributed by atoms with Crippen LogP contribution in [0.5, 0.6) is 5.75 Å². The summed E-state index contributed by atoms with van der Waals surface area (Å²) >= 11 is 0. The number of carbonyl (C=O) groups excluding carboxylic acids is 1. The van der Waals surface area contributed by atoms with Gasteiger partial charge in [-0.25, -0.2) is 4.68 Å². The predicted octanol–water partition coefficient (Wildman–Crippen LogP) is 3.05. The Hall–Kier alpha value is -3.55. The second-order valence-corrected chi connectivity index (χ2v) is 7.07. The zero-order valence-corrected chi connectivity index (χ0v) is 17.1. The van der Waals surface area contributed by atoms with E-state index >= 15 is 0 Å². The van der Waals surface area contributed by atoms with Crippen LogP contribution in [-0.2, 0) is 17.9 Å². The molecule has 3 aromatic heterocycles. The number of aryl methyl sites for hydroxylation is 2. The van der Waals surface area contributed by atoms with Gasteiger partial charge in [-0.3, -0.25) is 14.0 Å². The first-order valence-electron chi connectivity index (χ1n) is 10.0. The summed E-state index contributed by atoms with van der Waals surface area (Å²) in [5.41, 5.74) is 2.82. The summed E-state index contributed by atoms with van der Waals surface area (Å²) in [7, 11) is 0. The summed E-state index contributed by atoms with van der Waals surface area (Å²) in [4.78, 5) is 24.9. The van der Waals surface area contributed by atoms with E-state index in [0.29, 0.717) is 49.5 Å². The van der Waals surface area contributed by atoms with Gasteiger partial charge in [0.05, 0.1) is 18.4 Å². The van der Waals surface area contributed by atoms with Gasteiger partial charge in [0.25, 0.3) is 5.56 Å². The standard InChI is InChI=1S/C22H24N4O4/c1-3-29-17-8-6-16(7-9-17)14-23-21(27)5-4-11-25-22(28)19-13-20-18(10-12-30-20)26(19)15(2)24-25/h6-10,12-13H,3-5,11,14H2,1-2H3,(H,23,27). The van der Waals surface area contributed by atoms with Crippen LogP contribution in [0, 0.1) is 6.92 Å². The van der Waals surface area contributed by atoms with Crippen LogP contribution in [-0.4, -0.2) is 26.7 Å². The maximum atomic E-state index is 12.7. The first-order valence-corrected chi connectivity index (χ1v) is 10.0. The molecule has 0 aliphatic carbocycles. The molecule has 3 heterocycles. The molecule has 156 valence electrons. The number of nitrogens with zero attached hydrogens (tertiary/aromatic N) is 3. The van der Waals surface area contributed by atoms with Crippen molar-refractivity contribution in [3.63, 3.8) is 0 Å². The molecule has 0 spiro atoms. The van der Waals surface area contributed by atoms with Crippen molar-refractivity contribution in [3.05, 3.63) is 64.4 Å². The Labute approximate surface area is 173 Å². The number of hydrogen-bond acceptors (Lipinski definition) is 5. The van der Waals surface area contributed by atoms with E-state index < -0.39 is 0 Å². The Kier molecular flexibility index (Phi) is 5.56. The van der Waals surface area contributed by atoms with Crippen LogP contribution in [0.15, 0.2) is 51.9 Å². The van der Waals surface area contributed by atoms with Crippen LogP contribution >= 0.6 is 0 Å². The van der Waals surface area contributed by atoms with Gasteiger partial charge < -0.3 is 14.5 Å². The van der Waals surface area contributed by atoms with Crippen LogP contribution in [0.4, 0.5) is 0 Å². The highest BCUT2D eigenvalue weighted by Crippen LogP contribution is 2.20. The maximum absolute atomic E-state index is 12.7. The minimum atomic E-state index is -0.193. The second-order valence-electron chi connectivity index (χ2n) is 7.07. The average molecular weight is 408 g/mol. The molecule has 0 radical (unpaired) electrons. The van der Waals surface area contributed by atoms with E-state index in [1.54, 1.807) is 16.7 Å². The summed E-state index contributed by atoms with van der Waals surface area (Å²) in [6, 6.07) is 11.2. The molecule has 0 unspecified atom stereocenters. The minimum Gasteiger partial charge on any atom is -0.494 e. The molecule has 0 fully saturated rings. The molecule has 4 aromatic rings. The maximum Gasteiger partial charge on any atom is 0.291 e. The van der Waals surface area contributed by atoms with Crippen molar-refractivity contribution in [2.45, 2.75) is 39.8 Å². The second kappa shape index (κ2) is 8.44. The molecule has 0 bridgehead atoms. The summed E-state index contributed by atoms with van der Waals surface area (Å²) < 4.78 is 14.0. The Morgan fingerprint density at radius 2 is 2.00 bits per heavy atom. The van der Waals surface area contributed by atoms with Crippen LogP contribution in [0.3, 0.4) is 0 Å². The first kappa shape index (κ1) is 19.8. The zero-order valence-electron chi connectivity index (χ0n) is 17.1. The molecule has 0 aliphatic rings. The van der Waals surface area contributed by atoms with Crippen LogP contribution < -0.4 is 15.6 Å². The molecule has 0 atom stereocenters. The van der Waals surface area contributed by atoms with Gasteiger partial charge in [0.15, 0.2) is 5.58 Å². The molecular weight excluding hydrogens is 384 g/mol. The predicted molar refractivity (Wildman–Crippen MR) is 113 cm³/mol. The Morgan fingerprint density at radius 1 is 1.20 bits per heavy atom. The third-order valence-electron chi connectivity index (χ3n) is 4.96. The smallest absolute Gasteiger partial charge is 0.291 e. The lowest BCUT2D eigenvalue weighted by molar-refractivity contribution is -0.121.